The maximum Gasteiger partial charge on any atom is 0.233 e. The van der Waals surface area contributed by atoms with Crippen molar-refractivity contribution in [2.75, 3.05) is 17.8 Å². The van der Waals surface area contributed by atoms with E-state index < -0.39 is 25.6 Å². The zero-order valence-corrected chi connectivity index (χ0v) is 18.7. The normalized spacial score (nSPS) is 15.8. The van der Waals surface area contributed by atoms with Crippen LogP contribution in [-0.4, -0.2) is 40.2 Å². The van der Waals surface area contributed by atoms with Gasteiger partial charge in [0.15, 0.2) is 19.7 Å². The van der Waals surface area contributed by atoms with Gasteiger partial charge in [-0.05, 0) is 42.2 Å². The molecule has 1 aromatic carbocycles. The number of anilines is 1. The van der Waals surface area contributed by atoms with Gasteiger partial charge in [0.2, 0.25) is 5.91 Å². The number of nitrogens with zero attached hydrogens (tertiary/aromatic N) is 1. The number of hydrogen-bond donors (Lipinski definition) is 1. The van der Waals surface area contributed by atoms with E-state index in [4.69, 9.17) is 0 Å². The molecular formula is C22H30N2O5S2. The minimum absolute atomic E-state index is 0. The molecule has 1 aliphatic rings. The Morgan fingerprint density at radius 1 is 1.03 bits per heavy atom. The summed E-state index contributed by atoms with van der Waals surface area (Å²) in [4.78, 5) is 16.7. The number of carbonyl (C=O) groups excluding carboxylic acids is 1. The van der Waals surface area contributed by atoms with Crippen LogP contribution in [0.1, 0.15) is 51.0 Å². The number of amides is 1. The fourth-order valence-electron chi connectivity index (χ4n) is 3.96. The molecule has 31 heavy (non-hydrogen) atoms. The Morgan fingerprint density at radius 2 is 1.68 bits per heavy atom. The van der Waals surface area contributed by atoms with Crippen molar-refractivity contribution in [2.24, 2.45) is 5.92 Å². The topological polar surface area (TPSA) is 110 Å². The van der Waals surface area contributed by atoms with Crippen LogP contribution >= 0.6 is 0 Å². The second kappa shape index (κ2) is 9.91. The van der Waals surface area contributed by atoms with Gasteiger partial charge in [0.05, 0.1) is 15.7 Å². The van der Waals surface area contributed by atoms with Crippen molar-refractivity contribution < 1.29 is 21.6 Å². The first-order chi connectivity index (χ1) is 14.1. The van der Waals surface area contributed by atoms with Gasteiger partial charge in [-0.25, -0.2) is 21.8 Å². The van der Waals surface area contributed by atoms with Gasteiger partial charge in [0.1, 0.15) is 5.82 Å². The largest absolute Gasteiger partial charge is 0.310 e. The molecule has 1 atom stereocenters. The van der Waals surface area contributed by atoms with Crippen LogP contribution in [0.5, 0.6) is 0 Å². The molecule has 0 spiro atoms. The fourth-order valence-corrected chi connectivity index (χ4v) is 6.39. The van der Waals surface area contributed by atoms with Gasteiger partial charge >= 0.3 is 0 Å². The van der Waals surface area contributed by atoms with Gasteiger partial charge in [0.25, 0.3) is 0 Å². The molecule has 1 fully saturated rings. The molecule has 1 aliphatic carbocycles. The molecule has 1 saturated carbocycles. The van der Waals surface area contributed by atoms with Crippen LogP contribution in [0.4, 0.5) is 5.82 Å². The predicted molar refractivity (Wildman–Crippen MR) is 122 cm³/mol. The Bertz CT molecular complexity index is 1120. The lowest BCUT2D eigenvalue weighted by Crippen LogP contribution is -2.24. The summed E-state index contributed by atoms with van der Waals surface area (Å²) in [6, 6.07) is 9.35. The highest BCUT2D eigenvalue weighted by molar-refractivity contribution is 7.93. The summed E-state index contributed by atoms with van der Waals surface area (Å²) in [6.45, 7) is 0. The van der Waals surface area contributed by atoms with Gasteiger partial charge < -0.3 is 5.32 Å². The smallest absolute Gasteiger partial charge is 0.233 e. The van der Waals surface area contributed by atoms with Gasteiger partial charge in [-0.2, -0.15) is 0 Å². The number of aromatic nitrogens is 1. The van der Waals surface area contributed by atoms with E-state index in [9.17, 15) is 21.6 Å². The Morgan fingerprint density at radius 3 is 2.23 bits per heavy atom. The number of benzene rings is 1. The summed E-state index contributed by atoms with van der Waals surface area (Å²) in [6.07, 6.45) is 8.36. The maximum absolute atomic E-state index is 13.1. The Hall–Kier alpha value is -2.26. The molecule has 1 aromatic heterocycles. The molecule has 0 aliphatic heterocycles. The van der Waals surface area contributed by atoms with Crippen molar-refractivity contribution in [2.45, 2.75) is 55.2 Å². The fraction of sp³-hybridized carbons (Fsp3) is 0.455. The lowest BCUT2D eigenvalue weighted by atomic mass is 9.87. The quantitative estimate of drug-likeness (QED) is 0.664. The number of hydrogen-bond acceptors (Lipinski definition) is 6. The van der Waals surface area contributed by atoms with E-state index in [0.717, 1.165) is 38.2 Å². The van der Waals surface area contributed by atoms with E-state index in [1.165, 1.54) is 12.1 Å². The molecule has 2 aromatic rings. The van der Waals surface area contributed by atoms with E-state index in [-0.39, 0.29) is 23.1 Å². The molecular weight excluding hydrogens is 436 g/mol. The molecule has 0 bridgehead atoms. The molecule has 7 nitrogen and oxygen atoms in total. The zero-order chi connectivity index (χ0) is 21.9. The number of sulfone groups is 2. The lowest BCUT2D eigenvalue weighted by Gasteiger charge is -2.21. The Balaban J connectivity index is 0.00000341. The minimum atomic E-state index is -3.81. The van der Waals surface area contributed by atoms with Crippen LogP contribution in [-0.2, 0) is 24.5 Å². The molecule has 0 saturated heterocycles. The Kier molecular flexibility index (Phi) is 7.99. The third kappa shape index (κ3) is 6.36. The Labute approximate surface area is 185 Å². The molecule has 1 unspecified atom stereocenters. The van der Waals surface area contributed by atoms with Crippen LogP contribution in [0.15, 0.2) is 52.4 Å². The average molecular weight is 467 g/mol. The number of carbonyl (C=O) groups is 1. The SMILES string of the molecule is C.CS(=O)(=O)c1ccc(C(CC2CCCC2)C(=O)Nc2ccccn2)cc1S(C)(=O)=O. The first kappa shape index (κ1) is 25.0. The number of pyridine rings is 1. The van der Waals surface area contributed by atoms with Crippen molar-refractivity contribution in [1.29, 1.82) is 0 Å². The first-order valence-electron chi connectivity index (χ1n) is 9.81. The lowest BCUT2D eigenvalue weighted by molar-refractivity contribution is -0.118. The molecule has 9 heteroatoms. The summed E-state index contributed by atoms with van der Waals surface area (Å²) < 4.78 is 48.8. The molecule has 3 rings (SSSR count). The van der Waals surface area contributed by atoms with Crippen LogP contribution in [0, 0.1) is 5.92 Å². The van der Waals surface area contributed by atoms with Crippen LogP contribution in [0.3, 0.4) is 0 Å². The van der Waals surface area contributed by atoms with E-state index in [0.29, 0.717) is 23.7 Å². The van der Waals surface area contributed by atoms with Crippen LogP contribution < -0.4 is 5.32 Å². The summed E-state index contributed by atoms with van der Waals surface area (Å²) in [5.41, 5.74) is 0.489. The number of nitrogens with one attached hydrogen (secondary N) is 1. The second-order valence-electron chi connectivity index (χ2n) is 7.89. The highest BCUT2D eigenvalue weighted by Crippen LogP contribution is 2.36. The van der Waals surface area contributed by atoms with E-state index in [2.05, 4.69) is 10.3 Å². The molecule has 1 amide bonds. The molecule has 1 N–H and O–H groups in total. The van der Waals surface area contributed by atoms with Crippen molar-refractivity contribution in [3.8, 4) is 0 Å². The molecule has 0 radical (unpaired) electrons. The second-order valence-corrected chi connectivity index (χ2v) is 11.9. The number of rotatable bonds is 7. The van der Waals surface area contributed by atoms with E-state index >= 15 is 0 Å². The van der Waals surface area contributed by atoms with Gasteiger partial charge in [-0.15, -0.1) is 0 Å². The highest BCUT2D eigenvalue weighted by Gasteiger charge is 2.29. The highest BCUT2D eigenvalue weighted by atomic mass is 32.2. The van der Waals surface area contributed by atoms with Gasteiger partial charge in [-0.3, -0.25) is 4.79 Å². The van der Waals surface area contributed by atoms with Crippen LogP contribution in [0.2, 0.25) is 0 Å². The van der Waals surface area contributed by atoms with Gasteiger partial charge in [-0.1, -0.05) is 45.2 Å². The van der Waals surface area contributed by atoms with E-state index in [1.54, 1.807) is 30.5 Å². The monoisotopic (exact) mass is 466 g/mol. The van der Waals surface area contributed by atoms with E-state index in [1.807, 2.05) is 0 Å². The summed E-state index contributed by atoms with van der Waals surface area (Å²) in [7, 11) is -7.55. The van der Waals surface area contributed by atoms with Crippen molar-refractivity contribution in [3.05, 3.63) is 48.2 Å². The molecule has 1 heterocycles. The first-order valence-corrected chi connectivity index (χ1v) is 13.6. The van der Waals surface area contributed by atoms with Crippen molar-refractivity contribution in [3.63, 3.8) is 0 Å². The zero-order valence-electron chi connectivity index (χ0n) is 17.0. The maximum atomic E-state index is 13.1. The third-order valence-electron chi connectivity index (χ3n) is 5.45. The standard InChI is InChI=1S/C21H26N2O5S2.CH4/c1-29(25,26)18-11-10-16(14-19(18)30(2,27)28)17(13-15-7-3-4-8-15)21(24)23-20-9-5-6-12-22-20;/h5-6,9-12,14-15,17H,3-4,7-8,13H2,1-2H3,(H,22,23,24);1H4. The van der Waals surface area contributed by atoms with Crippen LogP contribution in [0.25, 0.3) is 0 Å². The average Bonchev–Trinajstić information content (AvgIpc) is 3.18. The summed E-state index contributed by atoms with van der Waals surface area (Å²) in [5.74, 6) is -0.118. The van der Waals surface area contributed by atoms with Crippen molar-refractivity contribution >= 4 is 31.4 Å². The molecule has 170 valence electrons. The summed E-state index contributed by atoms with van der Waals surface area (Å²) >= 11 is 0. The van der Waals surface area contributed by atoms with Gasteiger partial charge in [0, 0.05) is 18.7 Å². The van der Waals surface area contributed by atoms with Crippen molar-refractivity contribution in [1.82, 2.24) is 4.98 Å². The minimum Gasteiger partial charge on any atom is -0.310 e. The predicted octanol–water partition coefficient (Wildman–Crippen LogP) is 3.83. The third-order valence-corrected chi connectivity index (χ3v) is 7.87. The summed E-state index contributed by atoms with van der Waals surface area (Å²) in [5, 5.41) is 2.80.